The molecule has 100 valence electrons. The molecule has 1 N–H and O–H groups in total. The number of carbonyl (C=O) groups excluding carboxylic acids is 1. The molecule has 1 heterocycles. The van der Waals surface area contributed by atoms with Crippen LogP contribution in [0.3, 0.4) is 0 Å². The van der Waals surface area contributed by atoms with Crippen molar-refractivity contribution < 1.29 is 13.9 Å². The average molecular weight is 327 g/mol. The summed E-state index contributed by atoms with van der Waals surface area (Å²) >= 11 is 3.30. The molecule has 19 heavy (non-hydrogen) atoms. The maximum atomic E-state index is 13.2. The lowest BCUT2D eigenvalue weighted by atomic mass is 10.2. The van der Waals surface area contributed by atoms with E-state index in [0.29, 0.717) is 11.4 Å². The van der Waals surface area contributed by atoms with E-state index < -0.39 is 5.82 Å². The van der Waals surface area contributed by atoms with Crippen LogP contribution in [0.4, 0.5) is 10.1 Å². The third-order valence-corrected chi connectivity index (χ3v) is 3.05. The van der Waals surface area contributed by atoms with Gasteiger partial charge in [0.25, 0.3) is 5.91 Å². The second kappa shape index (κ2) is 5.44. The second-order valence-corrected chi connectivity index (χ2v) is 4.87. The van der Waals surface area contributed by atoms with E-state index in [0.717, 1.165) is 4.47 Å². The molecule has 1 aromatic carbocycles. The van der Waals surface area contributed by atoms with Crippen LogP contribution in [-0.4, -0.2) is 17.6 Å². The van der Waals surface area contributed by atoms with E-state index in [9.17, 15) is 9.18 Å². The van der Waals surface area contributed by atoms with Crippen molar-refractivity contribution in [1.82, 2.24) is 4.57 Å². The molecule has 0 saturated heterocycles. The number of amides is 1. The summed E-state index contributed by atoms with van der Waals surface area (Å²) in [4.78, 5) is 12.0. The molecule has 0 bridgehead atoms. The fourth-order valence-corrected chi connectivity index (χ4v) is 2.21. The number of ether oxygens (including phenoxy) is 1. The van der Waals surface area contributed by atoms with Gasteiger partial charge in [-0.1, -0.05) is 0 Å². The minimum Gasteiger partial charge on any atom is -0.494 e. The number of halogens is 2. The van der Waals surface area contributed by atoms with Crippen LogP contribution in [-0.2, 0) is 7.05 Å². The summed E-state index contributed by atoms with van der Waals surface area (Å²) in [5.41, 5.74) is 0.968. The maximum Gasteiger partial charge on any atom is 0.272 e. The molecule has 2 aromatic rings. The Bertz CT molecular complexity index is 625. The van der Waals surface area contributed by atoms with Crippen LogP contribution >= 0.6 is 15.9 Å². The minimum atomic E-state index is -0.470. The van der Waals surface area contributed by atoms with Gasteiger partial charge < -0.3 is 14.6 Å². The molecular formula is C13H12BrFN2O2. The van der Waals surface area contributed by atoms with Crippen LogP contribution in [0.25, 0.3) is 0 Å². The fraction of sp³-hybridized carbons (Fsp3) is 0.154. The molecule has 6 heteroatoms. The van der Waals surface area contributed by atoms with Gasteiger partial charge in [0, 0.05) is 29.5 Å². The monoisotopic (exact) mass is 326 g/mol. The molecule has 0 aliphatic heterocycles. The lowest BCUT2D eigenvalue weighted by Crippen LogP contribution is -2.15. The molecule has 0 radical (unpaired) electrons. The number of nitrogens with zero attached hydrogens (tertiary/aromatic N) is 1. The van der Waals surface area contributed by atoms with Crippen LogP contribution < -0.4 is 10.1 Å². The van der Waals surface area contributed by atoms with E-state index in [1.807, 2.05) is 0 Å². The lowest BCUT2D eigenvalue weighted by molar-refractivity contribution is 0.101. The molecule has 0 fully saturated rings. The molecule has 0 unspecified atom stereocenters. The Morgan fingerprint density at radius 1 is 1.42 bits per heavy atom. The van der Waals surface area contributed by atoms with Crippen molar-refractivity contribution in [3.05, 3.63) is 46.4 Å². The number of anilines is 1. The Hall–Kier alpha value is -1.82. The number of aryl methyl sites for hydroxylation is 1. The summed E-state index contributed by atoms with van der Waals surface area (Å²) in [5.74, 6) is -0.658. The van der Waals surface area contributed by atoms with E-state index in [1.54, 1.807) is 23.9 Å². The molecule has 0 aliphatic carbocycles. The number of benzene rings is 1. The third kappa shape index (κ3) is 2.96. The van der Waals surface area contributed by atoms with E-state index in [4.69, 9.17) is 4.74 Å². The molecule has 0 spiro atoms. The average Bonchev–Trinajstić information content (AvgIpc) is 2.71. The van der Waals surface area contributed by atoms with Gasteiger partial charge in [-0.25, -0.2) is 4.39 Å². The smallest absolute Gasteiger partial charge is 0.272 e. The van der Waals surface area contributed by atoms with E-state index in [-0.39, 0.29) is 11.7 Å². The van der Waals surface area contributed by atoms with Crippen LogP contribution in [0.15, 0.2) is 34.9 Å². The van der Waals surface area contributed by atoms with Crippen molar-refractivity contribution >= 4 is 27.5 Å². The largest absolute Gasteiger partial charge is 0.494 e. The molecule has 4 nitrogen and oxygen atoms in total. The van der Waals surface area contributed by atoms with Crippen LogP contribution in [0, 0.1) is 5.82 Å². The highest BCUT2D eigenvalue weighted by Gasteiger charge is 2.12. The van der Waals surface area contributed by atoms with Crippen LogP contribution in [0.1, 0.15) is 10.5 Å². The van der Waals surface area contributed by atoms with Gasteiger partial charge in [-0.2, -0.15) is 0 Å². The van der Waals surface area contributed by atoms with Gasteiger partial charge in [0.05, 0.1) is 7.11 Å². The first-order valence-corrected chi connectivity index (χ1v) is 6.27. The van der Waals surface area contributed by atoms with Crippen molar-refractivity contribution in [2.45, 2.75) is 0 Å². The Morgan fingerprint density at radius 2 is 2.16 bits per heavy atom. The Balaban J connectivity index is 2.21. The number of hydrogen-bond donors (Lipinski definition) is 1. The van der Waals surface area contributed by atoms with Gasteiger partial charge >= 0.3 is 0 Å². The quantitative estimate of drug-likeness (QED) is 0.941. The first-order chi connectivity index (χ1) is 9.01. The Morgan fingerprint density at radius 3 is 2.74 bits per heavy atom. The third-order valence-electron chi connectivity index (χ3n) is 2.61. The Kier molecular flexibility index (Phi) is 3.90. The van der Waals surface area contributed by atoms with Gasteiger partial charge in [-0.05, 0) is 34.1 Å². The molecule has 2 rings (SSSR count). The van der Waals surface area contributed by atoms with Crippen molar-refractivity contribution in [3.8, 4) is 5.75 Å². The first kappa shape index (κ1) is 13.6. The number of methoxy groups -OCH3 is 1. The van der Waals surface area contributed by atoms with Gasteiger partial charge in [0.15, 0.2) is 11.6 Å². The summed E-state index contributed by atoms with van der Waals surface area (Å²) in [6.07, 6.45) is 1.78. The molecule has 0 aliphatic rings. The van der Waals surface area contributed by atoms with Gasteiger partial charge in [-0.15, -0.1) is 0 Å². The van der Waals surface area contributed by atoms with Crippen LogP contribution in [0.5, 0.6) is 5.75 Å². The molecule has 1 amide bonds. The van der Waals surface area contributed by atoms with E-state index >= 15 is 0 Å². The zero-order valence-electron chi connectivity index (χ0n) is 10.4. The molecule has 0 atom stereocenters. The second-order valence-electron chi connectivity index (χ2n) is 3.96. The predicted molar refractivity (Wildman–Crippen MR) is 74.0 cm³/mol. The van der Waals surface area contributed by atoms with Gasteiger partial charge in [0.1, 0.15) is 5.69 Å². The highest BCUT2D eigenvalue weighted by Crippen LogP contribution is 2.22. The molecule has 0 saturated carbocycles. The van der Waals surface area contributed by atoms with Crippen LogP contribution in [0.2, 0.25) is 0 Å². The SMILES string of the molecule is COc1cc(NC(=O)c2cc(Br)cn2C)ccc1F. The van der Waals surface area contributed by atoms with Crippen molar-refractivity contribution in [2.24, 2.45) is 7.05 Å². The zero-order valence-corrected chi connectivity index (χ0v) is 12.0. The fourth-order valence-electron chi connectivity index (χ4n) is 1.68. The summed E-state index contributed by atoms with van der Waals surface area (Å²) in [7, 11) is 3.14. The normalized spacial score (nSPS) is 10.3. The highest BCUT2D eigenvalue weighted by molar-refractivity contribution is 9.10. The van der Waals surface area contributed by atoms with Crippen molar-refractivity contribution in [1.29, 1.82) is 0 Å². The van der Waals surface area contributed by atoms with Crippen molar-refractivity contribution in [2.75, 3.05) is 12.4 Å². The van der Waals surface area contributed by atoms with Crippen molar-refractivity contribution in [3.63, 3.8) is 0 Å². The zero-order chi connectivity index (χ0) is 14.0. The topological polar surface area (TPSA) is 43.3 Å². The summed E-state index contributed by atoms with van der Waals surface area (Å²) in [6.45, 7) is 0. The first-order valence-electron chi connectivity index (χ1n) is 5.48. The molecule has 1 aromatic heterocycles. The minimum absolute atomic E-state index is 0.0888. The number of hydrogen-bond acceptors (Lipinski definition) is 2. The lowest BCUT2D eigenvalue weighted by Gasteiger charge is -2.08. The Labute approximate surface area is 118 Å². The summed E-state index contributed by atoms with van der Waals surface area (Å²) in [5, 5.41) is 2.69. The standard InChI is InChI=1S/C13H12BrFN2O2/c1-17-7-8(14)5-11(17)13(18)16-9-3-4-10(15)12(6-9)19-2/h3-7H,1-2H3,(H,16,18). The predicted octanol–water partition coefficient (Wildman–Crippen LogP) is 3.19. The van der Waals surface area contributed by atoms with E-state index in [2.05, 4.69) is 21.2 Å². The summed E-state index contributed by atoms with van der Waals surface area (Å²) < 4.78 is 20.6. The van der Waals surface area contributed by atoms with Gasteiger partial charge in [0.2, 0.25) is 0 Å². The van der Waals surface area contributed by atoms with Gasteiger partial charge in [-0.3, -0.25) is 4.79 Å². The summed E-state index contributed by atoms with van der Waals surface area (Å²) in [6, 6.07) is 5.87. The number of rotatable bonds is 3. The number of nitrogens with one attached hydrogen (secondary N) is 1. The number of carbonyl (C=O) groups is 1. The molecular weight excluding hydrogens is 315 g/mol. The van der Waals surface area contributed by atoms with E-state index in [1.165, 1.54) is 25.3 Å². The maximum absolute atomic E-state index is 13.2. The highest BCUT2D eigenvalue weighted by atomic mass is 79.9. The number of aromatic nitrogens is 1.